The number of aromatic nitrogens is 3. The molecule has 2 N–H and O–H groups in total. The van der Waals surface area contributed by atoms with Crippen LogP contribution in [-0.2, 0) is 24.4 Å². The number of fused-ring (bicyclic) bond motifs is 1. The first-order valence-corrected chi connectivity index (χ1v) is 10.9. The standard InChI is InChI=1S/C25H21FN6O3/c26-20-6-8-21(9-7-20)32-15-22(28-24(33)31-13-18-10-11-27-12-19(18)14-31)23(30-32)29-25(34)35-16-17-4-2-1-3-5-17/h1-12,15H,13-14,16H2,(H,28,33)(H,29,30,34). The topological polar surface area (TPSA) is 101 Å². The molecule has 0 aliphatic carbocycles. The molecule has 1 aliphatic rings. The Labute approximate surface area is 200 Å². The highest BCUT2D eigenvalue weighted by molar-refractivity contribution is 5.96. The van der Waals surface area contributed by atoms with Crippen molar-refractivity contribution in [2.75, 3.05) is 10.6 Å². The maximum atomic E-state index is 13.4. The highest BCUT2D eigenvalue weighted by atomic mass is 19.1. The molecule has 5 rings (SSSR count). The molecule has 2 aromatic carbocycles. The molecule has 4 aromatic rings. The van der Waals surface area contributed by atoms with Crippen LogP contribution >= 0.6 is 0 Å². The second kappa shape index (κ2) is 9.64. The van der Waals surface area contributed by atoms with Gasteiger partial charge in [0.2, 0.25) is 0 Å². The van der Waals surface area contributed by atoms with Gasteiger partial charge >= 0.3 is 12.1 Å². The zero-order valence-corrected chi connectivity index (χ0v) is 18.5. The zero-order chi connectivity index (χ0) is 24.2. The Morgan fingerprint density at radius 3 is 2.51 bits per heavy atom. The quantitative estimate of drug-likeness (QED) is 0.438. The van der Waals surface area contributed by atoms with Crippen LogP contribution in [0.15, 0.2) is 79.3 Å². The molecule has 35 heavy (non-hydrogen) atoms. The van der Waals surface area contributed by atoms with E-state index in [1.807, 2.05) is 36.4 Å². The monoisotopic (exact) mass is 472 g/mol. The lowest BCUT2D eigenvalue weighted by atomic mass is 10.2. The van der Waals surface area contributed by atoms with Crippen molar-refractivity contribution in [3.63, 3.8) is 0 Å². The number of hydrogen-bond acceptors (Lipinski definition) is 5. The fraction of sp³-hybridized carbons (Fsp3) is 0.120. The number of urea groups is 1. The maximum Gasteiger partial charge on any atom is 0.413 e. The van der Waals surface area contributed by atoms with E-state index >= 15 is 0 Å². The third-order valence-corrected chi connectivity index (χ3v) is 5.49. The molecule has 176 valence electrons. The van der Waals surface area contributed by atoms with Gasteiger partial charge < -0.3 is 15.0 Å². The van der Waals surface area contributed by atoms with E-state index in [0.717, 1.165) is 16.7 Å². The number of nitrogens with one attached hydrogen (secondary N) is 2. The summed E-state index contributed by atoms with van der Waals surface area (Å²) in [5.74, 6) is -0.292. The van der Waals surface area contributed by atoms with Gasteiger partial charge in [0.1, 0.15) is 18.1 Å². The smallest absolute Gasteiger partial charge is 0.413 e. The van der Waals surface area contributed by atoms with E-state index in [4.69, 9.17) is 4.74 Å². The van der Waals surface area contributed by atoms with Crippen molar-refractivity contribution >= 4 is 23.6 Å². The lowest BCUT2D eigenvalue weighted by Crippen LogP contribution is -2.30. The Kier molecular flexibility index (Phi) is 6.08. The Bertz CT molecular complexity index is 1330. The predicted octanol–water partition coefficient (Wildman–Crippen LogP) is 4.70. The lowest BCUT2D eigenvalue weighted by Gasteiger charge is -2.16. The van der Waals surface area contributed by atoms with E-state index in [9.17, 15) is 14.0 Å². The minimum atomic E-state index is -0.728. The van der Waals surface area contributed by atoms with Crippen LogP contribution in [0.5, 0.6) is 0 Å². The van der Waals surface area contributed by atoms with Crippen LogP contribution < -0.4 is 10.6 Å². The van der Waals surface area contributed by atoms with E-state index in [1.54, 1.807) is 23.5 Å². The normalized spacial score (nSPS) is 12.2. The van der Waals surface area contributed by atoms with Crippen molar-refractivity contribution in [1.29, 1.82) is 0 Å². The SMILES string of the molecule is O=C(Nc1nn(-c2ccc(F)cc2)cc1NC(=O)N1Cc2ccncc2C1)OCc1ccccc1. The van der Waals surface area contributed by atoms with Crippen molar-refractivity contribution in [2.24, 2.45) is 0 Å². The van der Waals surface area contributed by atoms with E-state index in [1.165, 1.54) is 28.9 Å². The molecular weight excluding hydrogens is 451 g/mol. The first kappa shape index (κ1) is 22.1. The summed E-state index contributed by atoms with van der Waals surface area (Å²) in [6.45, 7) is 0.938. The number of rotatable bonds is 5. The first-order valence-electron chi connectivity index (χ1n) is 10.9. The summed E-state index contributed by atoms with van der Waals surface area (Å²) >= 11 is 0. The molecule has 0 saturated heterocycles. The van der Waals surface area contributed by atoms with Crippen molar-refractivity contribution in [3.8, 4) is 5.69 Å². The van der Waals surface area contributed by atoms with E-state index in [0.29, 0.717) is 18.8 Å². The number of anilines is 2. The van der Waals surface area contributed by atoms with E-state index < -0.39 is 6.09 Å². The van der Waals surface area contributed by atoms with Crippen LogP contribution in [0.4, 0.5) is 25.5 Å². The van der Waals surface area contributed by atoms with Gasteiger partial charge in [-0.15, -0.1) is 5.10 Å². The molecule has 3 heterocycles. The Balaban J connectivity index is 1.33. The van der Waals surface area contributed by atoms with Crippen molar-refractivity contribution in [1.82, 2.24) is 19.7 Å². The zero-order valence-electron chi connectivity index (χ0n) is 18.5. The lowest BCUT2D eigenvalue weighted by molar-refractivity contribution is 0.155. The molecule has 1 aliphatic heterocycles. The minimum Gasteiger partial charge on any atom is -0.444 e. The van der Waals surface area contributed by atoms with Crippen LogP contribution in [0.2, 0.25) is 0 Å². The van der Waals surface area contributed by atoms with Gasteiger partial charge in [-0.2, -0.15) is 0 Å². The molecule has 3 amide bonds. The highest BCUT2D eigenvalue weighted by Gasteiger charge is 2.25. The number of hydrogen-bond donors (Lipinski definition) is 2. The third-order valence-electron chi connectivity index (χ3n) is 5.49. The Morgan fingerprint density at radius 1 is 0.971 bits per heavy atom. The summed E-state index contributed by atoms with van der Waals surface area (Å²) in [6.07, 6.45) is 4.25. The fourth-order valence-electron chi connectivity index (χ4n) is 3.70. The number of benzene rings is 2. The summed E-state index contributed by atoms with van der Waals surface area (Å²) in [7, 11) is 0. The predicted molar refractivity (Wildman–Crippen MR) is 126 cm³/mol. The highest BCUT2D eigenvalue weighted by Crippen LogP contribution is 2.26. The fourth-order valence-corrected chi connectivity index (χ4v) is 3.70. The molecule has 0 radical (unpaired) electrons. The summed E-state index contributed by atoms with van der Waals surface area (Å²) in [5, 5.41) is 9.76. The third kappa shape index (κ3) is 5.11. The molecule has 0 bridgehead atoms. The van der Waals surface area contributed by atoms with Gasteiger partial charge in [-0.1, -0.05) is 30.3 Å². The second-order valence-electron chi connectivity index (χ2n) is 7.93. The summed E-state index contributed by atoms with van der Waals surface area (Å²) < 4.78 is 20.1. The number of halogens is 1. The molecule has 2 aromatic heterocycles. The van der Waals surface area contributed by atoms with Crippen molar-refractivity contribution in [3.05, 3.63) is 102 Å². The van der Waals surface area contributed by atoms with Gasteiger partial charge in [0.05, 0.1) is 11.9 Å². The van der Waals surface area contributed by atoms with E-state index in [-0.39, 0.29) is 30.0 Å². The average Bonchev–Trinajstić information content (AvgIpc) is 3.48. The molecule has 0 atom stereocenters. The molecule has 0 saturated carbocycles. The van der Waals surface area contributed by atoms with Gasteiger partial charge in [-0.25, -0.2) is 18.7 Å². The summed E-state index contributed by atoms with van der Waals surface area (Å²) in [5.41, 5.74) is 3.65. The Morgan fingerprint density at radius 2 is 1.74 bits per heavy atom. The second-order valence-corrected chi connectivity index (χ2v) is 7.93. The number of pyridine rings is 1. The molecule has 0 unspecified atom stereocenters. The minimum absolute atomic E-state index is 0.0765. The van der Waals surface area contributed by atoms with Gasteiger partial charge in [0.15, 0.2) is 5.82 Å². The molecule has 10 heteroatoms. The number of nitrogens with zero attached hydrogens (tertiary/aromatic N) is 4. The van der Waals surface area contributed by atoms with Gasteiger partial charge in [-0.05, 0) is 47.0 Å². The number of amides is 3. The van der Waals surface area contributed by atoms with Crippen LogP contribution in [0.25, 0.3) is 5.69 Å². The molecule has 9 nitrogen and oxygen atoms in total. The maximum absolute atomic E-state index is 13.4. The van der Waals surface area contributed by atoms with Gasteiger partial charge in [0.25, 0.3) is 0 Å². The van der Waals surface area contributed by atoms with Crippen LogP contribution in [-0.4, -0.2) is 31.8 Å². The van der Waals surface area contributed by atoms with Crippen LogP contribution in [0, 0.1) is 5.82 Å². The van der Waals surface area contributed by atoms with Crippen molar-refractivity contribution in [2.45, 2.75) is 19.7 Å². The first-order chi connectivity index (χ1) is 17.0. The van der Waals surface area contributed by atoms with Gasteiger partial charge in [-0.3, -0.25) is 10.3 Å². The largest absolute Gasteiger partial charge is 0.444 e. The van der Waals surface area contributed by atoms with Crippen LogP contribution in [0.1, 0.15) is 16.7 Å². The van der Waals surface area contributed by atoms with E-state index in [2.05, 4.69) is 20.7 Å². The Hall–Kier alpha value is -4.73. The molecular formula is C25H21FN6O3. The van der Waals surface area contributed by atoms with Crippen LogP contribution in [0.3, 0.4) is 0 Å². The molecule has 0 fully saturated rings. The summed E-state index contributed by atoms with van der Waals surface area (Å²) in [4.78, 5) is 31.2. The van der Waals surface area contributed by atoms with Crippen molar-refractivity contribution < 1.29 is 18.7 Å². The van der Waals surface area contributed by atoms with Gasteiger partial charge in [0, 0.05) is 25.5 Å². The summed E-state index contributed by atoms with van der Waals surface area (Å²) in [6, 6.07) is 16.4. The number of carbonyl (C=O) groups is 2. The number of ether oxygens (including phenoxy) is 1. The number of carbonyl (C=O) groups excluding carboxylic acids is 2. The average molecular weight is 472 g/mol. The molecule has 0 spiro atoms.